The van der Waals surface area contributed by atoms with Crippen LogP contribution in [0.15, 0.2) is 78.4 Å². The van der Waals surface area contributed by atoms with E-state index in [1.165, 1.54) is 11.1 Å². The number of nitrogens with zero attached hydrogens (tertiary/aromatic N) is 5. The summed E-state index contributed by atoms with van der Waals surface area (Å²) in [5, 5.41) is 27.1. The predicted octanol–water partition coefficient (Wildman–Crippen LogP) is 7.76. The van der Waals surface area contributed by atoms with Crippen LogP contribution in [0, 0.1) is 12.3 Å². The van der Waals surface area contributed by atoms with Crippen LogP contribution in [0.25, 0.3) is 10.4 Å². The Bertz CT molecular complexity index is 2770. The zero-order valence-electron chi connectivity index (χ0n) is 42.0. The number of anilines is 5. The highest BCUT2D eigenvalue weighted by Gasteiger charge is 2.44. The van der Waals surface area contributed by atoms with Crippen molar-refractivity contribution in [1.29, 1.82) is 0 Å². The summed E-state index contributed by atoms with van der Waals surface area (Å²) in [5.41, 5.74) is 6.30. The van der Waals surface area contributed by atoms with Crippen molar-refractivity contribution in [2.45, 2.75) is 103 Å². The fourth-order valence-electron chi connectivity index (χ4n) is 8.96. The molecule has 3 aromatic carbocycles. The van der Waals surface area contributed by atoms with E-state index in [9.17, 15) is 28.8 Å². The number of hydrogen-bond donors (Lipinski definition) is 6. The molecule has 384 valence electrons. The molecule has 0 radical (unpaired) electrons. The van der Waals surface area contributed by atoms with Gasteiger partial charge >= 0.3 is 0 Å². The number of halogens is 1. The molecular formula is C52H66ClN10O7PS. The van der Waals surface area contributed by atoms with Gasteiger partial charge in [-0.05, 0) is 86.7 Å². The molecule has 3 atom stereocenters. The molecule has 2 aromatic heterocycles. The van der Waals surface area contributed by atoms with Gasteiger partial charge in [-0.2, -0.15) is 4.98 Å². The Labute approximate surface area is 430 Å². The van der Waals surface area contributed by atoms with Crippen LogP contribution in [0.5, 0.6) is 5.75 Å². The van der Waals surface area contributed by atoms with E-state index in [2.05, 4.69) is 46.4 Å². The lowest BCUT2D eigenvalue weighted by Crippen LogP contribution is -2.57. The molecule has 4 amide bonds. The fourth-order valence-corrected chi connectivity index (χ4v) is 11.1. The summed E-state index contributed by atoms with van der Waals surface area (Å²) >= 11 is 8.04. The van der Waals surface area contributed by atoms with Gasteiger partial charge in [-0.15, -0.1) is 11.3 Å². The average molecular weight is 1040 g/mol. The second-order valence-electron chi connectivity index (χ2n) is 19.9. The Hall–Kier alpha value is -6.07. The number of thiazole rings is 1. The first-order valence-electron chi connectivity index (χ1n) is 24.3. The van der Waals surface area contributed by atoms with Crippen molar-refractivity contribution >= 4 is 87.8 Å². The SMILES string of the molecule is COc1cc(N2CCC(NC(=O)CCCCC(=O)NC(C(=O)N3C[C@H](O)C[C@H]3C(=O)NCc3ccc(-c4scnc4C)cc3)C(C)(C)C)CC2)ccc1Nc1ncc(Cl)c(Nc2ccccc2P(C)(C)=O)n1. The van der Waals surface area contributed by atoms with Crippen molar-refractivity contribution in [2.24, 2.45) is 5.41 Å². The van der Waals surface area contributed by atoms with E-state index in [1.807, 2.05) is 99.9 Å². The summed E-state index contributed by atoms with van der Waals surface area (Å²) < 4.78 is 18.7. The van der Waals surface area contributed by atoms with Crippen LogP contribution in [0.4, 0.5) is 28.8 Å². The molecule has 4 heterocycles. The molecule has 0 aliphatic carbocycles. The first kappa shape index (κ1) is 53.7. The molecule has 72 heavy (non-hydrogen) atoms. The van der Waals surface area contributed by atoms with Gasteiger partial charge in [-0.25, -0.2) is 9.97 Å². The minimum Gasteiger partial charge on any atom is -0.494 e. The van der Waals surface area contributed by atoms with Crippen LogP contribution < -0.4 is 41.5 Å². The Morgan fingerprint density at radius 2 is 1.65 bits per heavy atom. The number of aliphatic hydroxyl groups is 1. The smallest absolute Gasteiger partial charge is 0.246 e. The molecule has 2 aliphatic heterocycles. The number of para-hydroxylation sites is 1. The molecular weight excluding hydrogens is 975 g/mol. The Morgan fingerprint density at radius 3 is 2.32 bits per heavy atom. The number of piperidine rings is 1. The first-order valence-corrected chi connectivity index (χ1v) is 28.1. The van der Waals surface area contributed by atoms with E-state index in [0.717, 1.165) is 53.3 Å². The van der Waals surface area contributed by atoms with Crippen molar-refractivity contribution in [3.05, 3.63) is 94.7 Å². The topological polar surface area (TPSA) is 220 Å². The average Bonchev–Trinajstić information content (AvgIpc) is 3.97. The number of ether oxygens (including phenoxy) is 1. The number of benzene rings is 3. The van der Waals surface area contributed by atoms with Gasteiger partial charge in [-0.1, -0.05) is 68.8 Å². The monoisotopic (exact) mass is 1040 g/mol. The number of carbonyl (C=O) groups is 4. The standard InChI is InChI=1S/C52H66ClN10O7PS/c1-32-46(72-31-56-32)34-18-16-33(17-19-34)28-54-49(67)41-27-37(64)30-63(41)50(68)47(52(2,3)4)60-45(66)15-11-10-14-44(65)57-35-22-24-62(25-23-35)36-20-21-39(42(26-36)70-5)59-51-55-29-38(53)48(61-51)58-40-12-8-9-13-43(40)71(6,7)69/h8-9,12-13,16-21,26,29,31,35,37,41,47,64H,10-11,14-15,22-25,27-28,30H2,1-7H3,(H,54,67)(H,57,65)(H,60,66)(H2,55,58,59,61)/t37-,41+,47?/m1/s1. The molecule has 7 rings (SSSR count). The van der Waals surface area contributed by atoms with Crippen LogP contribution in [0.1, 0.15) is 77.0 Å². The van der Waals surface area contributed by atoms with Gasteiger partial charge < -0.3 is 50.8 Å². The summed E-state index contributed by atoms with van der Waals surface area (Å²) in [6, 6.07) is 19.3. The summed E-state index contributed by atoms with van der Waals surface area (Å²) in [4.78, 5) is 71.9. The van der Waals surface area contributed by atoms with Crippen LogP contribution >= 0.6 is 30.1 Å². The summed E-state index contributed by atoms with van der Waals surface area (Å²) in [5.74, 6) is 0.0552. The first-order chi connectivity index (χ1) is 34.3. The van der Waals surface area contributed by atoms with Crippen molar-refractivity contribution in [3.63, 3.8) is 0 Å². The van der Waals surface area contributed by atoms with Gasteiger partial charge in [-0.3, -0.25) is 19.2 Å². The molecule has 2 saturated heterocycles. The number of rotatable bonds is 19. The third-order valence-corrected chi connectivity index (χ3v) is 15.7. The molecule has 0 spiro atoms. The molecule has 6 N–H and O–H groups in total. The van der Waals surface area contributed by atoms with E-state index in [0.29, 0.717) is 46.1 Å². The van der Waals surface area contributed by atoms with E-state index >= 15 is 0 Å². The number of unbranched alkanes of at least 4 members (excludes halogenated alkanes) is 1. The lowest BCUT2D eigenvalue weighted by molar-refractivity contribution is -0.144. The van der Waals surface area contributed by atoms with E-state index < -0.39 is 36.7 Å². The van der Waals surface area contributed by atoms with Crippen LogP contribution in [-0.4, -0.2) is 113 Å². The van der Waals surface area contributed by atoms with E-state index in [1.54, 1.807) is 31.8 Å². The summed E-state index contributed by atoms with van der Waals surface area (Å²) in [6.45, 7) is 12.6. The molecule has 17 nitrogen and oxygen atoms in total. The molecule has 2 fully saturated rings. The number of aryl methyl sites for hydroxylation is 1. The summed E-state index contributed by atoms with van der Waals surface area (Å²) in [6.07, 6.45) is 3.55. The maximum absolute atomic E-state index is 14.1. The van der Waals surface area contributed by atoms with Crippen LogP contribution in [-0.2, 0) is 30.3 Å². The highest BCUT2D eigenvalue weighted by atomic mass is 35.5. The van der Waals surface area contributed by atoms with Gasteiger partial charge in [0.2, 0.25) is 29.6 Å². The molecule has 1 unspecified atom stereocenters. The number of nitrogens with one attached hydrogen (secondary N) is 5. The van der Waals surface area contributed by atoms with E-state index in [-0.39, 0.29) is 62.1 Å². The number of amides is 4. The number of hydrogen-bond acceptors (Lipinski definition) is 14. The Balaban J connectivity index is 0.835. The molecule has 5 aromatic rings. The van der Waals surface area contributed by atoms with Crippen molar-refractivity contribution < 1.29 is 33.6 Å². The lowest BCUT2D eigenvalue weighted by atomic mass is 9.85. The number of methoxy groups -OCH3 is 1. The molecule has 2 aliphatic rings. The largest absolute Gasteiger partial charge is 0.494 e. The van der Waals surface area contributed by atoms with Crippen LogP contribution in [0.2, 0.25) is 5.02 Å². The lowest BCUT2D eigenvalue weighted by Gasteiger charge is -2.35. The maximum Gasteiger partial charge on any atom is 0.246 e. The second-order valence-corrected chi connectivity index (χ2v) is 24.3. The van der Waals surface area contributed by atoms with Crippen LogP contribution in [0.3, 0.4) is 0 Å². The zero-order valence-corrected chi connectivity index (χ0v) is 44.4. The minimum absolute atomic E-state index is 0.0114. The predicted molar refractivity (Wildman–Crippen MR) is 286 cm³/mol. The van der Waals surface area contributed by atoms with Crippen molar-refractivity contribution in [2.75, 3.05) is 55.6 Å². The van der Waals surface area contributed by atoms with Gasteiger partial charge in [0.05, 0.1) is 46.9 Å². The second kappa shape index (κ2) is 23.6. The normalized spacial score (nSPS) is 16.7. The number of carbonyl (C=O) groups excluding carboxylic acids is 4. The minimum atomic E-state index is -2.58. The van der Waals surface area contributed by atoms with Gasteiger partial charge in [0, 0.05) is 68.5 Å². The quantitative estimate of drug-likeness (QED) is 0.0345. The molecule has 0 saturated carbocycles. The third-order valence-electron chi connectivity index (χ3n) is 12.9. The number of likely N-dealkylation sites (tertiary alicyclic amines) is 1. The third kappa shape index (κ3) is 13.9. The molecule has 20 heteroatoms. The zero-order chi connectivity index (χ0) is 51.7. The highest BCUT2D eigenvalue weighted by Crippen LogP contribution is 2.39. The fraction of sp³-hybridized carbons (Fsp3) is 0.442. The number of aliphatic hydroxyl groups excluding tert-OH is 1. The molecule has 0 bridgehead atoms. The Morgan fingerprint density at radius 1 is 0.944 bits per heavy atom. The number of aromatic nitrogens is 3. The highest BCUT2D eigenvalue weighted by molar-refractivity contribution is 7.70. The van der Waals surface area contributed by atoms with E-state index in [4.69, 9.17) is 16.3 Å². The maximum atomic E-state index is 14.1. The van der Waals surface area contributed by atoms with Gasteiger partial charge in [0.15, 0.2) is 5.82 Å². The number of β-amino-alcohol motifs (C(OH)–C–C–N with tert-alkyl or cyclic N) is 1. The van der Waals surface area contributed by atoms with Crippen molar-refractivity contribution in [1.82, 2.24) is 35.8 Å². The van der Waals surface area contributed by atoms with Crippen molar-refractivity contribution in [3.8, 4) is 16.2 Å². The van der Waals surface area contributed by atoms with Gasteiger partial charge in [0.25, 0.3) is 0 Å². The van der Waals surface area contributed by atoms with Gasteiger partial charge in [0.1, 0.15) is 30.0 Å². The summed E-state index contributed by atoms with van der Waals surface area (Å²) in [7, 11) is -0.988. The Kier molecular flexibility index (Phi) is 17.6.